The molecule has 0 spiro atoms. The molecule has 1 heterocycles. The monoisotopic (exact) mass is 647 g/mol. The fourth-order valence-corrected chi connectivity index (χ4v) is 9.80. The molecule has 0 saturated heterocycles. The van der Waals surface area contributed by atoms with Gasteiger partial charge in [-0.2, -0.15) is 4.98 Å². The molecule has 0 aliphatic carbocycles. The van der Waals surface area contributed by atoms with Crippen molar-refractivity contribution < 1.29 is 28.4 Å². The van der Waals surface area contributed by atoms with Crippen LogP contribution in [0.4, 0.5) is 0 Å². The van der Waals surface area contributed by atoms with Crippen LogP contribution < -0.4 is 45.3 Å². The van der Waals surface area contributed by atoms with Gasteiger partial charge in [-0.1, -0.05) is 89.6 Å². The van der Waals surface area contributed by atoms with E-state index in [1.54, 1.807) is 23.9 Å². The number of hydrogen-bond acceptors (Lipinski definition) is 3. The Labute approximate surface area is 237 Å². The van der Waals surface area contributed by atoms with Crippen molar-refractivity contribution in [3.8, 4) is 11.5 Å². The Morgan fingerprint density at radius 1 is 0.714 bits per heavy atom. The predicted molar refractivity (Wildman–Crippen MR) is 149 cm³/mol. The van der Waals surface area contributed by atoms with Gasteiger partial charge in [-0.3, -0.25) is 0 Å². The van der Waals surface area contributed by atoms with E-state index in [-0.39, 0.29) is 24.0 Å². The SMILES string of the molecule is CSc1oc(-c2ccc(Cl)cc2Cl)nc1[P+](c1ccccc1)(c1ccccc1)c1ccccc1.[I-]. The fraction of sp³-hybridized carbons (Fsp3) is 0.0357. The second-order valence-electron chi connectivity index (χ2n) is 7.64. The van der Waals surface area contributed by atoms with Crippen LogP contribution in [0.3, 0.4) is 0 Å². The van der Waals surface area contributed by atoms with Gasteiger partial charge in [0.15, 0.2) is 7.26 Å². The highest BCUT2D eigenvalue weighted by Crippen LogP contribution is 2.56. The molecule has 1 aromatic heterocycles. The van der Waals surface area contributed by atoms with E-state index in [4.69, 9.17) is 32.6 Å². The summed E-state index contributed by atoms with van der Waals surface area (Å²) in [6, 6.07) is 37.2. The van der Waals surface area contributed by atoms with Crippen molar-refractivity contribution in [1.82, 2.24) is 4.98 Å². The second-order valence-corrected chi connectivity index (χ2v) is 12.6. The third-order valence-electron chi connectivity index (χ3n) is 5.67. The van der Waals surface area contributed by atoms with Gasteiger partial charge in [0.1, 0.15) is 15.9 Å². The van der Waals surface area contributed by atoms with Crippen LogP contribution in [0.5, 0.6) is 0 Å². The molecule has 7 heteroatoms. The number of oxazole rings is 1. The summed E-state index contributed by atoms with van der Waals surface area (Å²) in [5.41, 5.74) is 1.66. The van der Waals surface area contributed by atoms with E-state index in [1.165, 1.54) is 15.9 Å². The van der Waals surface area contributed by atoms with Crippen molar-refractivity contribution in [2.24, 2.45) is 0 Å². The Morgan fingerprint density at radius 3 is 1.63 bits per heavy atom. The molecule has 0 saturated carbocycles. The number of thioether (sulfide) groups is 1. The number of benzene rings is 4. The molecule has 0 amide bonds. The minimum atomic E-state index is -2.38. The molecular weight excluding hydrogens is 627 g/mol. The van der Waals surface area contributed by atoms with Crippen molar-refractivity contribution in [3.05, 3.63) is 119 Å². The molecule has 176 valence electrons. The first-order chi connectivity index (χ1) is 16.6. The molecule has 0 atom stereocenters. The number of rotatable bonds is 6. The van der Waals surface area contributed by atoms with Gasteiger partial charge in [0, 0.05) is 5.02 Å². The van der Waals surface area contributed by atoms with Crippen molar-refractivity contribution in [1.29, 1.82) is 0 Å². The van der Waals surface area contributed by atoms with Crippen molar-refractivity contribution in [2.45, 2.75) is 5.09 Å². The first-order valence-electron chi connectivity index (χ1n) is 10.7. The normalized spacial score (nSPS) is 11.2. The van der Waals surface area contributed by atoms with Gasteiger partial charge in [-0.15, -0.1) is 0 Å². The van der Waals surface area contributed by atoms with Crippen LogP contribution in [-0.4, -0.2) is 11.2 Å². The molecule has 5 aromatic rings. The van der Waals surface area contributed by atoms with Crippen LogP contribution in [0.25, 0.3) is 11.5 Å². The van der Waals surface area contributed by atoms with E-state index in [2.05, 4.69) is 72.8 Å². The van der Waals surface area contributed by atoms with E-state index in [0.717, 1.165) is 16.1 Å². The van der Waals surface area contributed by atoms with E-state index in [1.807, 2.05) is 30.5 Å². The van der Waals surface area contributed by atoms with Gasteiger partial charge in [0.2, 0.25) is 11.0 Å². The molecule has 0 N–H and O–H groups in total. The van der Waals surface area contributed by atoms with Crippen molar-refractivity contribution in [2.75, 3.05) is 6.26 Å². The zero-order valence-corrected chi connectivity index (χ0v) is 24.1. The molecule has 2 nitrogen and oxygen atoms in total. The zero-order chi connectivity index (χ0) is 23.5. The highest BCUT2D eigenvalue weighted by molar-refractivity contribution is 8.04. The molecular formula is C28H21Cl2INOPS. The minimum Gasteiger partial charge on any atom is -1.00 e. The molecule has 4 aromatic carbocycles. The van der Waals surface area contributed by atoms with E-state index < -0.39 is 7.26 Å². The summed E-state index contributed by atoms with van der Waals surface area (Å²) >= 11 is 14.3. The lowest BCUT2D eigenvalue weighted by Gasteiger charge is -2.25. The van der Waals surface area contributed by atoms with Gasteiger partial charge >= 0.3 is 0 Å². The average molecular weight is 648 g/mol. The molecule has 0 aliphatic heterocycles. The number of hydrogen-bond donors (Lipinski definition) is 0. The number of halogens is 3. The summed E-state index contributed by atoms with van der Waals surface area (Å²) < 4.78 is 6.39. The van der Waals surface area contributed by atoms with Crippen LogP contribution in [0, 0.1) is 0 Å². The van der Waals surface area contributed by atoms with Gasteiger partial charge in [-0.05, 0) is 60.9 Å². The maximum absolute atomic E-state index is 6.55. The molecule has 0 aliphatic rings. The summed E-state index contributed by atoms with van der Waals surface area (Å²) in [6.45, 7) is 0. The lowest BCUT2D eigenvalue weighted by atomic mass is 10.2. The Kier molecular flexibility index (Phi) is 8.62. The summed E-state index contributed by atoms with van der Waals surface area (Å²) in [5.74, 6) is 0.494. The van der Waals surface area contributed by atoms with Crippen LogP contribution in [-0.2, 0) is 0 Å². The molecule has 0 bridgehead atoms. The highest BCUT2D eigenvalue weighted by Gasteiger charge is 2.52. The summed E-state index contributed by atoms with van der Waals surface area (Å²) in [5, 5.41) is 5.51. The Balaban J connectivity index is 0.00000289. The Morgan fingerprint density at radius 2 is 1.20 bits per heavy atom. The smallest absolute Gasteiger partial charge is 0.251 e. The maximum atomic E-state index is 6.55. The van der Waals surface area contributed by atoms with Crippen molar-refractivity contribution >= 4 is 63.6 Å². The molecule has 0 unspecified atom stereocenters. The lowest BCUT2D eigenvalue weighted by Crippen LogP contribution is -3.00. The fourth-order valence-electron chi connectivity index (χ4n) is 4.19. The topological polar surface area (TPSA) is 26.0 Å². The number of aromatic nitrogens is 1. The van der Waals surface area contributed by atoms with Crippen LogP contribution in [0.1, 0.15) is 0 Å². The maximum Gasteiger partial charge on any atom is 0.251 e. The summed E-state index contributed by atoms with van der Waals surface area (Å²) in [6.07, 6.45) is 2.02. The molecule has 0 radical (unpaired) electrons. The summed E-state index contributed by atoms with van der Waals surface area (Å²) in [7, 11) is -2.38. The summed E-state index contributed by atoms with van der Waals surface area (Å²) in [4.78, 5) is 5.18. The van der Waals surface area contributed by atoms with E-state index >= 15 is 0 Å². The molecule has 0 fully saturated rings. The quantitative estimate of drug-likeness (QED) is 0.158. The van der Waals surface area contributed by atoms with E-state index in [0.29, 0.717) is 15.9 Å². The first-order valence-corrected chi connectivity index (χ1v) is 14.5. The van der Waals surface area contributed by atoms with Gasteiger partial charge in [0.05, 0.1) is 10.6 Å². The Hall–Kier alpha value is -1.82. The van der Waals surface area contributed by atoms with Gasteiger partial charge in [0.25, 0.3) is 5.44 Å². The average Bonchev–Trinajstić information content (AvgIpc) is 3.31. The predicted octanol–water partition coefficient (Wildman–Crippen LogP) is 3.99. The minimum absolute atomic E-state index is 0. The van der Waals surface area contributed by atoms with Gasteiger partial charge < -0.3 is 28.4 Å². The lowest BCUT2D eigenvalue weighted by molar-refractivity contribution is -0.00000686. The van der Waals surface area contributed by atoms with Gasteiger partial charge in [-0.25, -0.2) is 0 Å². The van der Waals surface area contributed by atoms with Crippen LogP contribution in [0.15, 0.2) is 119 Å². The Bertz CT molecular complexity index is 1320. The second kappa shape index (κ2) is 11.5. The van der Waals surface area contributed by atoms with Crippen LogP contribution in [0.2, 0.25) is 10.0 Å². The van der Waals surface area contributed by atoms with Crippen molar-refractivity contribution in [3.63, 3.8) is 0 Å². The molecule has 35 heavy (non-hydrogen) atoms. The van der Waals surface area contributed by atoms with E-state index in [9.17, 15) is 0 Å². The zero-order valence-electron chi connectivity index (χ0n) is 18.7. The molecule has 5 rings (SSSR count). The standard InChI is InChI=1S/C28H21Cl2NOPS.HI/c1-34-28-27(31-26(32-28)24-18-17-20(29)19-25(24)30)33(21-11-5-2-6-12-21,22-13-7-3-8-14-22)23-15-9-4-10-16-23;/h2-19H,1H3;1H/q+1;/p-1. The largest absolute Gasteiger partial charge is 1.00 e. The third kappa shape index (κ3) is 4.92. The first kappa shape index (κ1) is 26.2. The number of nitrogens with zero attached hydrogens (tertiary/aromatic N) is 1. The third-order valence-corrected chi connectivity index (χ3v) is 11.2. The highest BCUT2D eigenvalue weighted by atomic mass is 127. The van der Waals surface area contributed by atoms with Crippen LogP contribution >= 0.6 is 42.2 Å².